The van der Waals surface area contributed by atoms with Crippen LogP contribution in [0.4, 0.5) is 0 Å². The standard InChI is InChI=1S/C24H30N2O2/c1-24(2)11-10-22(20-8-3-4-9-21(20)24)25-23(27)19-7-5-6-18(16-19)17-26-12-14-28-15-13-26/h3-9,16,22H,10-15,17H2,1-2H3,(H,25,27). The van der Waals surface area contributed by atoms with Crippen LogP contribution in [0.25, 0.3) is 0 Å². The zero-order valence-corrected chi connectivity index (χ0v) is 16.9. The maximum atomic E-state index is 13.0. The van der Waals surface area contributed by atoms with Gasteiger partial charge in [0, 0.05) is 25.2 Å². The van der Waals surface area contributed by atoms with E-state index in [4.69, 9.17) is 4.74 Å². The van der Waals surface area contributed by atoms with Gasteiger partial charge in [0.15, 0.2) is 0 Å². The molecule has 4 rings (SSSR count). The van der Waals surface area contributed by atoms with Gasteiger partial charge < -0.3 is 10.1 Å². The van der Waals surface area contributed by atoms with E-state index in [-0.39, 0.29) is 17.4 Å². The quantitative estimate of drug-likeness (QED) is 0.872. The first kappa shape index (κ1) is 19.2. The fourth-order valence-corrected chi connectivity index (χ4v) is 4.43. The Bertz CT molecular complexity index is 840. The highest BCUT2D eigenvalue weighted by Gasteiger charge is 2.33. The van der Waals surface area contributed by atoms with Crippen molar-refractivity contribution >= 4 is 5.91 Å². The SMILES string of the molecule is CC1(C)CCC(NC(=O)c2cccc(CN3CCOCC3)c2)c2ccccc21. The summed E-state index contributed by atoms with van der Waals surface area (Å²) in [5.74, 6) is 0.0170. The molecule has 0 bridgehead atoms. The molecule has 4 heteroatoms. The van der Waals surface area contributed by atoms with Gasteiger partial charge in [0.05, 0.1) is 19.3 Å². The topological polar surface area (TPSA) is 41.6 Å². The summed E-state index contributed by atoms with van der Waals surface area (Å²) in [5, 5.41) is 3.29. The molecule has 1 aliphatic heterocycles. The lowest BCUT2D eigenvalue weighted by atomic mass is 9.71. The number of nitrogens with zero attached hydrogens (tertiary/aromatic N) is 1. The van der Waals surface area contributed by atoms with Crippen LogP contribution in [0, 0.1) is 0 Å². The first-order valence-electron chi connectivity index (χ1n) is 10.3. The molecule has 1 unspecified atom stereocenters. The van der Waals surface area contributed by atoms with Crippen molar-refractivity contribution < 1.29 is 9.53 Å². The summed E-state index contributed by atoms with van der Waals surface area (Å²) in [6, 6.07) is 16.7. The average Bonchev–Trinajstić information content (AvgIpc) is 2.71. The van der Waals surface area contributed by atoms with Crippen LogP contribution in [0.1, 0.15) is 59.8 Å². The van der Waals surface area contributed by atoms with Crippen LogP contribution >= 0.6 is 0 Å². The number of fused-ring (bicyclic) bond motifs is 1. The molecule has 0 radical (unpaired) electrons. The van der Waals surface area contributed by atoms with Gasteiger partial charge in [-0.3, -0.25) is 9.69 Å². The molecule has 1 amide bonds. The zero-order valence-electron chi connectivity index (χ0n) is 16.9. The van der Waals surface area contributed by atoms with E-state index in [9.17, 15) is 4.79 Å². The largest absolute Gasteiger partial charge is 0.379 e. The Labute approximate surface area is 167 Å². The summed E-state index contributed by atoms with van der Waals surface area (Å²) < 4.78 is 5.42. The molecule has 2 aromatic rings. The number of hydrogen-bond donors (Lipinski definition) is 1. The molecule has 4 nitrogen and oxygen atoms in total. The Balaban J connectivity index is 1.47. The molecule has 1 atom stereocenters. The van der Waals surface area contributed by atoms with Gasteiger partial charge in [0.2, 0.25) is 0 Å². The highest BCUT2D eigenvalue weighted by atomic mass is 16.5. The Morgan fingerprint density at radius 2 is 1.93 bits per heavy atom. The third kappa shape index (κ3) is 4.13. The summed E-state index contributed by atoms with van der Waals surface area (Å²) >= 11 is 0. The third-order valence-electron chi connectivity index (χ3n) is 6.13. The normalized spacial score (nSPS) is 21.7. The first-order chi connectivity index (χ1) is 13.5. The van der Waals surface area contributed by atoms with E-state index in [0.29, 0.717) is 0 Å². The Morgan fingerprint density at radius 1 is 1.14 bits per heavy atom. The second-order valence-electron chi connectivity index (χ2n) is 8.62. The lowest BCUT2D eigenvalue weighted by Crippen LogP contribution is -2.36. The molecule has 148 valence electrons. The second-order valence-corrected chi connectivity index (χ2v) is 8.62. The summed E-state index contributed by atoms with van der Waals surface area (Å²) in [6.07, 6.45) is 2.05. The lowest BCUT2D eigenvalue weighted by molar-refractivity contribution is 0.0342. The number of hydrogen-bond acceptors (Lipinski definition) is 3. The molecule has 2 aromatic carbocycles. The molecule has 1 N–H and O–H groups in total. The van der Waals surface area contributed by atoms with Crippen molar-refractivity contribution in [3.8, 4) is 0 Å². The van der Waals surface area contributed by atoms with E-state index >= 15 is 0 Å². The predicted octanol–water partition coefficient (Wildman–Crippen LogP) is 4.06. The smallest absolute Gasteiger partial charge is 0.251 e. The van der Waals surface area contributed by atoms with Crippen molar-refractivity contribution in [1.82, 2.24) is 10.2 Å². The molecule has 0 spiro atoms. The molecular weight excluding hydrogens is 348 g/mol. The van der Waals surface area contributed by atoms with Gasteiger partial charge in [-0.1, -0.05) is 50.2 Å². The third-order valence-corrected chi connectivity index (χ3v) is 6.13. The molecule has 1 saturated heterocycles. The Hall–Kier alpha value is -2.17. The number of nitrogens with one attached hydrogen (secondary N) is 1. The number of ether oxygens (including phenoxy) is 1. The maximum Gasteiger partial charge on any atom is 0.251 e. The van der Waals surface area contributed by atoms with Crippen LogP contribution in [0.3, 0.4) is 0 Å². The van der Waals surface area contributed by atoms with Crippen molar-refractivity contribution in [3.63, 3.8) is 0 Å². The molecular formula is C24H30N2O2. The highest BCUT2D eigenvalue weighted by molar-refractivity contribution is 5.94. The summed E-state index contributed by atoms with van der Waals surface area (Å²) in [6.45, 7) is 8.92. The minimum absolute atomic E-state index is 0.0170. The number of rotatable bonds is 4. The lowest BCUT2D eigenvalue weighted by Gasteiger charge is -2.37. The van der Waals surface area contributed by atoms with E-state index in [2.05, 4.69) is 54.4 Å². The summed E-state index contributed by atoms with van der Waals surface area (Å²) in [4.78, 5) is 15.4. The fraction of sp³-hybridized carbons (Fsp3) is 0.458. The number of benzene rings is 2. The van der Waals surface area contributed by atoms with E-state index in [1.807, 2.05) is 18.2 Å². The molecule has 1 heterocycles. The molecule has 1 fully saturated rings. The highest BCUT2D eigenvalue weighted by Crippen LogP contribution is 2.41. The van der Waals surface area contributed by atoms with E-state index in [1.165, 1.54) is 16.7 Å². The van der Waals surface area contributed by atoms with E-state index < -0.39 is 0 Å². The van der Waals surface area contributed by atoms with Gasteiger partial charge >= 0.3 is 0 Å². The fourth-order valence-electron chi connectivity index (χ4n) is 4.43. The minimum atomic E-state index is 0.0170. The van der Waals surface area contributed by atoms with Crippen molar-refractivity contribution in [1.29, 1.82) is 0 Å². The summed E-state index contributed by atoms with van der Waals surface area (Å²) in [7, 11) is 0. The van der Waals surface area contributed by atoms with Crippen molar-refractivity contribution in [3.05, 3.63) is 70.8 Å². The van der Waals surface area contributed by atoms with Gasteiger partial charge in [-0.15, -0.1) is 0 Å². The second kappa shape index (κ2) is 8.06. The van der Waals surface area contributed by atoms with Gasteiger partial charge in [-0.25, -0.2) is 0 Å². The van der Waals surface area contributed by atoms with E-state index in [1.54, 1.807) is 0 Å². The predicted molar refractivity (Wildman–Crippen MR) is 111 cm³/mol. The maximum absolute atomic E-state index is 13.0. The molecule has 1 aliphatic carbocycles. The van der Waals surface area contributed by atoms with Gasteiger partial charge in [-0.2, -0.15) is 0 Å². The van der Waals surface area contributed by atoms with Crippen LogP contribution in [-0.4, -0.2) is 37.1 Å². The molecule has 2 aliphatic rings. The number of carbonyl (C=O) groups excluding carboxylic acids is 1. The van der Waals surface area contributed by atoms with Crippen molar-refractivity contribution in [2.24, 2.45) is 0 Å². The van der Waals surface area contributed by atoms with Gasteiger partial charge in [0.25, 0.3) is 5.91 Å². The van der Waals surface area contributed by atoms with Crippen LogP contribution in [0.5, 0.6) is 0 Å². The first-order valence-corrected chi connectivity index (χ1v) is 10.3. The zero-order chi connectivity index (χ0) is 19.6. The van der Waals surface area contributed by atoms with Crippen LogP contribution in [0.15, 0.2) is 48.5 Å². The van der Waals surface area contributed by atoms with Crippen LogP contribution < -0.4 is 5.32 Å². The number of amides is 1. The molecule has 28 heavy (non-hydrogen) atoms. The monoisotopic (exact) mass is 378 g/mol. The number of carbonyl (C=O) groups is 1. The van der Waals surface area contributed by atoms with Crippen LogP contribution in [0.2, 0.25) is 0 Å². The summed E-state index contributed by atoms with van der Waals surface area (Å²) in [5.41, 5.74) is 4.70. The van der Waals surface area contributed by atoms with Crippen molar-refractivity contribution in [2.45, 2.75) is 44.7 Å². The minimum Gasteiger partial charge on any atom is -0.379 e. The van der Waals surface area contributed by atoms with Crippen molar-refractivity contribution in [2.75, 3.05) is 26.3 Å². The Morgan fingerprint density at radius 3 is 2.75 bits per heavy atom. The molecule has 0 saturated carbocycles. The number of morpholine rings is 1. The van der Waals surface area contributed by atoms with Gasteiger partial charge in [0.1, 0.15) is 0 Å². The average molecular weight is 379 g/mol. The van der Waals surface area contributed by atoms with Gasteiger partial charge in [-0.05, 0) is 47.1 Å². The molecule has 0 aromatic heterocycles. The van der Waals surface area contributed by atoms with E-state index in [0.717, 1.165) is 51.3 Å². The Kier molecular flexibility index (Phi) is 5.51. The van der Waals surface area contributed by atoms with Crippen LogP contribution in [-0.2, 0) is 16.7 Å².